The zero-order chi connectivity index (χ0) is 17.9. The Balaban J connectivity index is 2.45. The Bertz CT molecular complexity index is 807. The van der Waals surface area contributed by atoms with Crippen LogP contribution in [0.1, 0.15) is 20.7 Å². The number of ether oxygens (including phenoxy) is 2. The van der Waals surface area contributed by atoms with Gasteiger partial charge in [-0.1, -0.05) is 23.2 Å². The standard InChI is InChI=1S/C16H13Cl2NO5/c1-23-13-4-3-9(17)7-10(13)15(20)19-12-6-8(16(21)22)5-11(18)14(12)24-2/h3-7H,1-2H3,(H,19,20)(H,21,22). The second-order valence-corrected chi connectivity index (χ2v) is 5.49. The Kier molecular flexibility index (Phi) is 5.54. The van der Waals surface area contributed by atoms with Gasteiger partial charge in [-0.2, -0.15) is 0 Å². The highest BCUT2D eigenvalue weighted by Crippen LogP contribution is 2.35. The van der Waals surface area contributed by atoms with Crippen LogP contribution in [0.15, 0.2) is 30.3 Å². The van der Waals surface area contributed by atoms with Gasteiger partial charge >= 0.3 is 5.97 Å². The summed E-state index contributed by atoms with van der Waals surface area (Å²) in [6, 6.07) is 7.06. The van der Waals surface area contributed by atoms with Crippen molar-refractivity contribution in [3.8, 4) is 11.5 Å². The SMILES string of the molecule is COc1ccc(Cl)cc1C(=O)Nc1cc(C(=O)O)cc(Cl)c1OC. The highest BCUT2D eigenvalue weighted by atomic mass is 35.5. The molecule has 8 heteroatoms. The van der Waals surface area contributed by atoms with E-state index in [1.807, 2.05) is 0 Å². The number of nitrogens with one attached hydrogen (secondary N) is 1. The van der Waals surface area contributed by atoms with Gasteiger partial charge in [0, 0.05) is 5.02 Å². The number of carbonyl (C=O) groups excluding carboxylic acids is 1. The lowest BCUT2D eigenvalue weighted by Gasteiger charge is -2.14. The summed E-state index contributed by atoms with van der Waals surface area (Å²) in [6.07, 6.45) is 0. The Morgan fingerprint density at radius 2 is 1.79 bits per heavy atom. The summed E-state index contributed by atoms with van der Waals surface area (Å²) in [5.74, 6) is -1.27. The molecule has 0 aliphatic heterocycles. The minimum atomic E-state index is -1.18. The summed E-state index contributed by atoms with van der Waals surface area (Å²) in [6.45, 7) is 0. The van der Waals surface area contributed by atoms with Crippen LogP contribution in [0.4, 0.5) is 5.69 Å². The second-order valence-electron chi connectivity index (χ2n) is 4.64. The molecule has 2 aromatic carbocycles. The van der Waals surface area contributed by atoms with Gasteiger partial charge in [-0.15, -0.1) is 0 Å². The van der Waals surface area contributed by atoms with Crippen LogP contribution in [0.5, 0.6) is 11.5 Å². The lowest BCUT2D eigenvalue weighted by atomic mass is 10.1. The molecule has 0 spiro atoms. The third-order valence-electron chi connectivity index (χ3n) is 3.15. The second kappa shape index (κ2) is 7.42. The van der Waals surface area contributed by atoms with E-state index < -0.39 is 11.9 Å². The van der Waals surface area contributed by atoms with E-state index in [0.29, 0.717) is 10.8 Å². The van der Waals surface area contributed by atoms with Crippen molar-refractivity contribution in [1.29, 1.82) is 0 Å². The van der Waals surface area contributed by atoms with Crippen molar-refractivity contribution in [2.24, 2.45) is 0 Å². The zero-order valence-corrected chi connectivity index (χ0v) is 14.2. The fourth-order valence-corrected chi connectivity index (χ4v) is 2.53. The quantitative estimate of drug-likeness (QED) is 0.832. The lowest BCUT2D eigenvalue weighted by Crippen LogP contribution is -2.14. The third kappa shape index (κ3) is 3.72. The molecule has 2 rings (SSSR count). The van der Waals surface area contributed by atoms with Crippen LogP contribution in [0.25, 0.3) is 0 Å². The van der Waals surface area contributed by atoms with Crippen LogP contribution < -0.4 is 14.8 Å². The number of benzene rings is 2. The molecular formula is C16H13Cl2NO5. The van der Waals surface area contributed by atoms with E-state index in [2.05, 4.69) is 5.32 Å². The molecule has 0 atom stereocenters. The first kappa shape index (κ1) is 17.9. The number of halogens is 2. The largest absolute Gasteiger partial charge is 0.496 e. The molecule has 0 heterocycles. The van der Waals surface area contributed by atoms with E-state index in [0.717, 1.165) is 0 Å². The monoisotopic (exact) mass is 369 g/mol. The normalized spacial score (nSPS) is 10.2. The summed E-state index contributed by atoms with van der Waals surface area (Å²) in [7, 11) is 2.78. The van der Waals surface area contributed by atoms with Gasteiger partial charge in [0.2, 0.25) is 0 Å². The first-order chi connectivity index (χ1) is 11.4. The maximum atomic E-state index is 12.5. The molecule has 2 N–H and O–H groups in total. The van der Waals surface area contributed by atoms with Crippen LogP contribution in [0.3, 0.4) is 0 Å². The maximum absolute atomic E-state index is 12.5. The zero-order valence-electron chi connectivity index (χ0n) is 12.7. The topological polar surface area (TPSA) is 84.9 Å². The molecule has 0 aliphatic carbocycles. The summed E-state index contributed by atoms with van der Waals surface area (Å²) in [5, 5.41) is 12.1. The van der Waals surface area contributed by atoms with Crippen molar-refractivity contribution in [2.45, 2.75) is 0 Å². The molecule has 0 saturated carbocycles. The molecular weight excluding hydrogens is 357 g/mol. The first-order valence-corrected chi connectivity index (χ1v) is 7.38. The van der Waals surface area contributed by atoms with Gasteiger partial charge in [0.25, 0.3) is 5.91 Å². The van der Waals surface area contributed by atoms with Crippen molar-refractivity contribution < 1.29 is 24.2 Å². The minimum absolute atomic E-state index is 0.0609. The number of carboxylic acid groups (broad SMARTS) is 1. The number of anilines is 1. The molecule has 0 bridgehead atoms. The predicted molar refractivity (Wildman–Crippen MR) is 90.9 cm³/mol. The maximum Gasteiger partial charge on any atom is 0.335 e. The number of carboxylic acids is 1. The smallest absolute Gasteiger partial charge is 0.335 e. The van der Waals surface area contributed by atoms with Crippen LogP contribution in [0, 0.1) is 0 Å². The number of hydrogen-bond acceptors (Lipinski definition) is 4. The van der Waals surface area contributed by atoms with E-state index in [1.54, 1.807) is 12.1 Å². The number of methoxy groups -OCH3 is 2. The van der Waals surface area contributed by atoms with E-state index in [-0.39, 0.29) is 27.6 Å². The van der Waals surface area contributed by atoms with E-state index >= 15 is 0 Å². The Labute approximate surface area is 147 Å². The van der Waals surface area contributed by atoms with E-state index in [1.165, 1.54) is 32.4 Å². The van der Waals surface area contributed by atoms with E-state index in [9.17, 15) is 9.59 Å². The van der Waals surface area contributed by atoms with Gasteiger partial charge in [0.05, 0.1) is 36.1 Å². The van der Waals surface area contributed by atoms with Gasteiger partial charge in [-0.3, -0.25) is 4.79 Å². The molecule has 2 aromatic rings. The van der Waals surface area contributed by atoms with Crippen molar-refractivity contribution in [3.63, 3.8) is 0 Å². The fraction of sp³-hybridized carbons (Fsp3) is 0.125. The highest BCUT2D eigenvalue weighted by Gasteiger charge is 2.19. The highest BCUT2D eigenvalue weighted by molar-refractivity contribution is 6.33. The van der Waals surface area contributed by atoms with Crippen LogP contribution in [0.2, 0.25) is 10.0 Å². The van der Waals surface area contributed by atoms with Crippen molar-refractivity contribution in [1.82, 2.24) is 0 Å². The Morgan fingerprint density at radius 1 is 1.08 bits per heavy atom. The number of hydrogen-bond donors (Lipinski definition) is 2. The molecule has 0 fully saturated rings. The van der Waals surface area contributed by atoms with Crippen molar-refractivity contribution in [3.05, 3.63) is 51.5 Å². The molecule has 6 nitrogen and oxygen atoms in total. The third-order valence-corrected chi connectivity index (χ3v) is 3.66. The average molecular weight is 370 g/mol. The van der Waals surface area contributed by atoms with Gasteiger partial charge in [0.1, 0.15) is 5.75 Å². The molecule has 0 aliphatic rings. The molecule has 0 unspecified atom stereocenters. The number of amides is 1. The number of rotatable bonds is 5. The Morgan fingerprint density at radius 3 is 2.38 bits per heavy atom. The minimum Gasteiger partial charge on any atom is -0.496 e. The van der Waals surface area contributed by atoms with Crippen molar-refractivity contribution >= 4 is 40.8 Å². The van der Waals surface area contributed by atoms with Gasteiger partial charge in [-0.05, 0) is 30.3 Å². The van der Waals surface area contributed by atoms with Crippen LogP contribution >= 0.6 is 23.2 Å². The van der Waals surface area contributed by atoms with Crippen LogP contribution in [-0.4, -0.2) is 31.2 Å². The summed E-state index contributed by atoms with van der Waals surface area (Å²) in [4.78, 5) is 23.7. The number of aromatic carboxylic acids is 1. The molecule has 0 aromatic heterocycles. The molecule has 24 heavy (non-hydrogen) atoms. The molecule has 0 radical (unpaired) electrons. The van der Waals surface area contributed by atoms with Crippen molar-refractivity contribution in [2.75, 3.05) is 19.5 Å². The van der Waals surface area contributed by atoms with Gasteiger partial charge < -0.3 is 19.9 Å². The van der Waals surface area contributed by atoms with E-state index in [4.69, 9.17) is 37.8 Å². The molecule has 0 saturated heterocycles. The average Bonchev–Trinajstić information content (AvgIpc) is 2.54. The van der Waals surface area contributed by atoms with Crippen LogP contribution in [-0.2, 0) is 0 Å². The predicted octanol–water partition coefficient (Wildman–Crippen LogP) is 3.96. The lowest BCUT2D eigenvalue weighted by molar-refractivity contribution is 0.0696. The summed E-state index contributed by atoms with van der Waals surface area (Å²) >= 11 is 11.9. The summed E-state index contributed by atoms with van der Waals surface area (Å²) in [5.41, 5.74) is 0.215. The number of carbonyl (C=O) groups is 2. The summed E-state index contributed by atoms with van der Waals surface area (Å²) < 4.78 is 10.3. The fourth-order valence-electron chi connectivity index (χ4n) is 2.06. The Hall–Kier alpha value is -2.44. The van der Waals surface area contributed by atoms with Gasteiger partial charge in [-0.25, -0.2) is 4.79 Å². The van der Waals surface area contributed by atoms with Gasteiger partial charge in [0.15, 0.2) is 5.75 Å². The molecule has 126 valence electrons. The molecule has 1 amide bonds. The first-order valence-electron chi connectivity index (χ1n) is 6.63.